The molecule has 2 atom stereocenters. The largest absolute Gasteiger partial charge is 0.458 e. The fourth-order valence-corrected chi connectivity index (χ4v) is 5.27. The molecular weight excluding hydrogens is 490 g/mol. The van der Waals surface area contributed by atoms with Crippen molar-refractivity contribution in [3.63, 3.8) is 0 Å². The van der Waals surface area contributed by atoms with Crippen molar-refractivity contribution in [2.45, 2.75) is 18.3 Å². The molecule has 4 rings (SSSR count). The van der Waals surface area contributed by atoms with Crippen LogP contribution in [0.15, 0.2) is 58.2 Å². The Labute approximate surface area is 209 Å². The van der Waals surface area contributed by atoms with Crippen molar-refractivity contribution < 1.29 is 24.0 Å². The van der Waals surface area contributed by atoms with Crippen LogP contribution in [0.25, 0.3) is 6.08 Å². The second-order valence-corrected chi connectivity index (χ2v) is 9.72. The summed E-state index contributed by atoms with van der Waals surface area (Å²) in [5.41, 5.74) is 8.12. The van der Waals surface area contributed by atoms with Crippen molar-refractivity contribution in [1.82, 2.24) is 15.2 Å². The number of thiazole rings is 1. The Kier molecular flexibility index (Phi) is 7.51. The molecule has 0 saturated carbocycles. The highest BCUT2D eigenvalue weighted by atomic mass is 32.2. The molecule has 35 heavy (non-hydrogen) atoms. The molecule has 12 heteroatoms. The van der Waals surface area contributed by atoms with Gasteiger partial charge in [-0.25, -0.2) is 9.78 Å². The van der Waals surface area contributed by atoms with Gasteiger partial charge >= 0.3 is 5.97 Å². The number of β-lactam (4-membered cyclic amide) rings is 1. The third-order valence-corrected chi connectivity index (χ3v) is 7.13. The van der Waals surface area contributed by atoms with Gasteiger partial charge in [0, 0.05) is 17.3 Å². The van der Waals surface area contributed by atoms with E-state index in [0.717, 1.165) is 22.5 Å². The van der Waals surface area contributed by atoms with Crippen LogP contribution in [0.5, 0.6) is 0 Å². The van der Waals surface area contributed by atoms with Gasteiger partial charge in [-0.3, -0.25) is 9.59 Å². The molecule has 2 aromatic rings. The summed E-state index contributed by atoms with van der Waals surface area (Å²) in [6.45, 7) is 2.03. The summed E-state index contributed by atoms with van der Waals surface area (Å²) in [5.74, 6) is -1.07. The van der Waals surface area contributed by atoms with Crippen LogP contribution in [-0.4, -0.2) is 64.3 Å². The lowest BCUT2D eigenvalue weighted by molar-refractivity contribution is -0.144. The average molecular weight is 514 g/mol. The smallest absolute Gasteiger partial charge is 0.336 e. The normalized spacial score (nSPS) is 19.9. The minimum Gasteiger partial charge on any atom is -0.458 e. The molecule has 0 bridgehead atoms. The van der Waals surface area contributed by atoms with E-state index in [4.69, 9.17) is 15.3 Å². The lowest BCUT2D eigenvalue weighted by Gasteiger charge is -2.47. The first kappa shape index (κ1) is 24.5. The monoisotopic (exact) mass is 513 g/mol. The molecule has 1 saturated heterocycles. The van der Waals surface area contributed by atoms with Gasteiger partial charge in [0.1, 0.15) is 30.8 Å². The van der Waals surface area contributed by atoms with E-state index in [2.05, 4.69) is 15.5 Å². The number of hydrogen-bond acceptors (Lipinski definition) is 10. The number of nitrogen functional groups attached to an aromatic ring is 1. The molecule has 182 valence electrons. The molecule has 0 spiro atoms. The fraction of sp³-hybridized carbons (Fsp3) is 0.261. The van der Waals surface area contributed by atoms with E-state index in [1.54, 1.807) is 5.38 Å². The van der Waals surface area contributed by atoms with Crippen LogP contribution in [0.3, 0.4) is 0 Å². The average Bonchev–Trinajstić information content (AvgIpc) is 3.30. The number of ether oxygens (including phenoxy) is 1. The number of oxime groups is 1. The van der Waals surface area contributed by atoms with Crippen LogP contribution in [0.4, 0.5) is 5.13 Å². The highest BCUT2D eigenvalue weighted by molar-refractivity contribution is 8.00. The van der Waals surface area contributed by atoms with Gasteiger partial charge in [0.2, 0.25) is 0 Å². The Morgan fingerprint density at radius 3 is 2.80 bits per heavy atom. The second kappa shape index (κ2) is 10.7. The molecular formula is C23H23N5O5S2. The van der Waals surface area contributed by atoms with Gasteiger partial charge in [0.15, 0.2) is 10.8 Å². The number of thioether (sulfide) groups is 1. The summed E-state index contributed by atoms with van der Waals surface area (Å²) in [6, 6.07) is 8.97. The number of nitrogens with zero attached hydrogens (tertiary/aromatic N) is 3. The second-order valence-electron chi connectivity index (χ2n) is 7.72. The Hall–Kier alpha value is -3.64. The molecule has 1 aromatic carbocycles. The fourth-order valence-electron chi connectivity index (χ4n) is 3.47. The van der Waals surface area contributed by atoms with Gasteiger partial charge < -0.3 is 25.5 Å². The predicted octanol–water partition coefficient (Wildman–Crippen LogP) is 2.01. The van der Waals surface area contributed by atoms with E-state index in [1.165, 1.54) is 30.0 Å². The Balaban J connectivity index is 1.34. The Bertz CT molecular complexity index is 1220. The molecule has 0 radical (unpaired) electrons. The molecule has 2 aliphatic heterocycles. The van der Waals surface area contributed by atoms with Crippen LogP contribution in [0, 0.1) is 0 Å². The molecule has 2 amide bonds. The lowest BCUT2D eigenvalue weighted by Crippen LogP contribution is -2.69. The zero-order valence-corrected chi connectivity index (χ0v) is 20.6. The van der Waals surface area contributed by atoms with Gasteiger partial charge in [0.25, 0.3) is 11.8 Å². The van der Waals surface area contributed by atoms with Crippen molar-refractivity contribution >= 4 is 57.8 Å². The van der Waals surface area contributed by atoms with Crippen molar-refractivity contribution in [2.24, 2.45) is 5.16 Å². The summed E-state index contributed by atoms with van der Waals surface area (Å²) < 4.78 is 5.42. The maximum absolute atomic E-state index is 12.7. The van der Waals surface area contributed by atoms with E-state index in [0.29, 0.717) is 11.3 Å². The van der Waals surface area contributed by atoms with E-state index in [9.17, 15) is 14.4 Å². The van der Waals surface area contributed by atoms with Crippen LogP contribution in [0.1, 0.15) is 18.2 Å². The number of esters is 1. The molecule has 1 fully saturated rings. The molecule has 10 nitrogen and oxygen atoms in total. The zero-order chi connectivity index (χ0) is 24.9. The van der Waals surface area contributed by atoms with E-state index in [1.807, 2.05) is 43.3 Å². The predicted molar refractivity (Wildman–Crippen MR) is 134 cm³/mol. The summed E-state index contributed by atoms with van der Waals surface area (Å²) in [6.07, 6.45) is 3.44. The molecule has 2 aliphatic rings. The summed E-state index contributed by atoms with van der Waals surface area (Å²) in [4.78, 5) is 48.2. The number of carbonyl (C=O) groups excluding carboxylic acids is 3. The first-order valence-electron chi connectivity index (χ1n) is 10.5. The van der Waals surface area contributed by atoms with E-state index >= 15 is 0 Å². The lowest BCUT2D eigenvalue weighted by atomic mass is 10.1. The number of nitrogens with two attached hydrogens (primary N) is 1. The quantitative estimate of drug-likeness (QED) is 0.237. The Morgan fingerprint density at radius 2 is 2.11 bits per heavy atom. The van der Waals surface area contributed by atoms with Gasteiger partial charge in [0.05, 0.1) is 5.57 Å². The minimum absolute atomic E-state index is 0.0776. The zero-order valence-electron chi connectivity index (χ0n) is 19.0. The van der Waals surface area contributed by atoms with Gasteiger partial charge in [-0.15, -0.1) is 23.1 Å². The van der Waals surface area contributed by atoms with Crippen LogP contribution in [-0.2, 0) is 24.0 Å². The van der Waals surface area contributed by atoms with Crippen molar-refractivity contribution in [3.05, 3.63) is 64.3 Å². The van der Waals surface area contributed by atoms with Crippen LogP contribution < -0.4 is 11.1 Å². The first-order valence-corrected chi connectivity index (χ1v) is 12.5. The van der Waals surface area contributed by atoms with E-state index < -0.39 is 17.9 Å². The first-order chi connectivity index (χ1) is 16.9. The summed E-state index contributed by atoms with van der Waals surface area (Å²) in [5, 5.41) is 7.92. The molecule has 1 aromatic heterocycles. The van der Waals surface area contributed by atoms with Crippen molar-refractivity contribution in [2.75, 3.05) is 25.2 Å². The number of carbonyl (C=O) groups is 3. The maximum atomic E-state index is 12.7. The van der Waals surface area contributed by atoms with E-state index in [-0.39, 0.29) is 34.4 Å². The maximum Gasteiger partial charge on any atom is 0.336 e. The number of fused-ring (bicyclic) bond motifs is 1. The van der Waals surface area contributed by atoms with Gasteiger partial charge in [-0.05, 0) is 18.1 Å². The summed E-state index contributed by atoms with van der Waals surface area (Å²) in [7, 11) is 1.31. The molecule has 3 heterocycles. The number of rotatable bonds is 8. The SMILES string of the molecule is CON=C(C(=O)NC1C(=O)N2C=C(C(=O)OCC(C)=Cc3ccccc3)CS[C@H]12)c1csc(N)n1. The third-order valence-electron chi connectivity index (χ3n) is 5.14. The number of anilines is 1. The van der Waals surface area contributed by atoms with Crippen LogP contribution in [0.2, 0.25) is 0 Å². The number of aromatic nitrogens is 1. The third kappa shape index (κ3) is 5.54. The number of benzene rings is 1. The number of hydrogen-bond donors (Lipinski definition) is 2. The topological polar surface area (TPSA) is 136 Å². The number of amides is 2. The molecule has 1 unspecified atom stereocenters. The van der Waals surface area contributed by atoms with Crippen LogP contribution >= 0.6 is 23.1 Å². The molecule has 3 N–H and O–H groups in total. The minimum atomic E-state index is -0.768. The highest BCUT2D eigenvalue weighted by Gasteiger charge is 2.50. The Morgan fingerprint density at radius 1 is 1.34 bits per heavy atom. The summed E-state index contributed by atoms with van der Waals surface area (Å²) >= 11 is 2.53. The van der Waals surface area contributed by atoms with Crippen molar-refractivity contribution in [1.29, 1.82) is 0 Å². The van der Waals surface area contributed by atoms with Crippen molar-refractivity contribution in [3.8, 4) is 0 Å². The standard InChI is InChI=1S/C23H23N5O5S2/c1-13(8-14-6-4-3-5-7-14)10-33-22(31)15-9-28-20(30)18(21(28)34-11-15)26-19(29)17(27-32-2)16-12-35-23(24)25-16/h3-9,12,18,21H,10-11H2,1-2H3,(H2,24,25)(H,26,29)/t18?,21-/m1/s1. The highest BCUT2D eigenvalue weighted by Crippen LogP contribution is 2.36. The number of nitrogens with one attached hydrogen (secondary N) is 1. The molecule has 0 aliphatic carbocycles. The van der Waals surface area contributed by atoms with Gasteiger partial charge in [-0.1, -0.05) is 41.6 Å². The van der Waals surface area contributed by atoms with Gasteiger partial charge in [-0.2, -0.15) is 0 Å².